The summed E-state index contributed by atoms with van der Waals surface area (Å²) in [4.78, 5) is 26.0. The molecule has 0 heterocycles. The number of hydrogen-bond donors (Lipinski definition) is 3. The molecule has 0 aliphatic carbocycles. The van der Waals surface area contributed by atoms with Crippen LogP contribution < -0.4 is 5.32 Å². The van der Waals surface area contributed by atoms with Crippen molar-refractivity contribution < 1.29 is 24.5 Å². The highest BCUT2D eigenvalue weighted by Crippen LogP contribution is 2.17. The fourth-order valence-electron chi connectivity index (χ4n) is 7.15. The molecule has 0 aromatic heterocycles. The van der Waals surface area contributed by atoms with Crippen molar-refractivity contribution in [1.82, 2.24) is 5.32 Å². The van der Waals surface area contributed by atoms with Gasteiger partial charge < -0.3 is 20.3 Å². The number of unbranched alkanes of at least 4 members (excludes halogenated alkanes) is 23. The van der Waals surface area contributed by atoms with Gasteiger partial charge in [0.25, 0.3) is 0 Å². The van der Waals surface area contributed by atoms with Gasteiger partial charge in [-0.15, -0.1) is 0 Å². The van der Waals surface area contributed by atoms with Crippen LogP contribution >= 0.6 is 0 Å². The lowest BCUT2D eigenvalue weighted by Crippen LogP contribution is -2.46. The van der Waals surface area contributed by atoms with Crippen LogP contribution in [0.25, 0.3) is 0 Å². The van der Waals surface area contributed by atoms with Crippen molar-refractivity contribution in [2.75, 3.05) is 6.61 Å². The Morgan fingerprint density at radius 3 is 1.47 bits per heavy atom. The second kappa shape index (κ2) is 46.4. The van der Waals surface area contributed by atoms with E-state index in [0.29, 0.717) is 19.3 Å². The molecule has 340 valence electrons. The van der Waals surface area contributed by atoms with Gasteiger partial charge in [-0.3, -0.25) is 9.59 Å². The molecule has 0 fully saturated rings. The van der Waals surface area contributed by atoms with Gasteiger partial charge in [0.1, 0.15) is 6.10 Å². The van der Waals surface area contributed by atoms with Crippen molar-refractivity contribution in [2.45, 2.75) is 244 Å². The summed E-state index contributed by atoms with van der Waals surface area (Å²) < 4.78 is 5.88. The Balaban J connectivity index is 4.60. The number of aliphatic hydroxyl groups excluding tert-OH is 2. The number of allylic oxidation sites excluding steroid dienone is 12. The number of aliphatic hydroxyl groups is 2. The number of carbonyl (C=O) groups is 2. The molecule has 0 saturated heterocycles. The quantitative estimate of drug-likeness (QED) is 0.0246. The Bertz CT molecular complexity index is 1110. The molecule has 6 heteroatoms. The molecule has 0 aromatic rings. The van der Waals surface area contributed by atoms with E-state index in [0.717, 1.165) is 83.5 Å². The smallest absolute Gasteiger partial charge is 0.306 e. The molecule has 0 spiro atoms. The number of esters is 1. The summed E-state index contributed by atoms with van der Waals surface area (Å²) in [6.45, 7) is 6.29. The van der Waals surface area contributed by atoms with Gasteiger partial charge in [0.05, 0.1) is 25.2 Å². The zero-order chi connectivity index (χ0) is 43.1. The maximum atomic E-state index is 13.2. The molecule has 59 heavy (non-hydrogen) atoms. The van der Waals surface area contributed by atoms with Gasteiger partial charge >= 0.3 is 5.97 Å². The van der Waals surface area contributed by atoms with E-state index in [-0.39, 0.29) is 24.9 Å². The summed E-state index contributed by atoms with van der Waals surface area (Å²) in [5.41, 5.74) is 0. The minimum atomic E-state index is -0.801. The molecule has 3 N–H and O–H groups in total. The standard InChI is InChI=1S/C53H93NO5/c1-4-7-10-13-16-19-22-24-26-28-30-33-36-39-42-45-51(56)50(48-55)54-52(57)47-49(44-41-38-35-32-21-18-15-12-9-6-3)59-53(58)46-43-40-37-34-31-29-27-25-23-20-17-14-11-8-5-2/h8,11,14,17-18,20-21,23,25,27,29,31,49-51,55-56H,4-7,9-10,12-13,15-16,19,22,24,26,28,30,32-48H2,1-3H3,(H,54,57)/b11-8+,17-14+,21-18-,23-20-,27-25-,31-29+. The maximum absolute atomic E-state index is 13.2. The molecule has 0 saturated carbocycles. The molecule has 6 nitrogen and oxygen atoms in total. The van der Waals surface area contributed by atoms with Crippen molar-refractivity contribution in [3.05, 3.63) is 72.9 Å². The number of ether oxygens (including phenoxy) is 1. The predicted molar refractivity (Wildman–Crippen MR) is 255 cm³/mol. The molecule has 0 aromatic carbocycles. The highest BCUT2D eigenvalue weighted by molar-refractivity contribution is 5.77. The van der Waals surface area contributed by atoms with E-state index < -0.39 is 18.2 Å². The lowest BCUT2D eigenvalue weighted by atomic mass is 10.0. The largest absolute Gasteiger partial charge is 0.462 e. The van der Waals surface area contributed by atoms with Crippen molar-refractivity contribution in [3.8, 4) is 0 Å². The summed E-state index contributed by atoms with van der Waals surface area (Å²) in [6, 6.07) is -0.717. The van der Waals surface area contributed by atoms with Crippen LogP contribution in [0.5, 0.6) is 0 Å². The van der Waals surface area contributed by atoms with E-state index in [1.807, 2.05) is 42.5 Å². The number of amides is 1. The lowest BCUT2D eigenvalue weighted by molar-refractivity contribution is -0.151. The summed E-state index contributed by atoms with van der Waals surface area (Å²) in [5.74, 6) is -0.543. The number of rotatable bonds is 43. The molecule has 3 atom stereocenters. The third kappa shape index (κ3) is 41.8. The molecule has 0 aliphatic rings. The highest BCUT2D eigenvalue weighted by atomic mass is 16.5. The zero-order valence-electron chi connectivity index (χ0n) is 38.6. The summed E-state index contributed by atoms with van der Waals surface area (Å²) in [6.07, 6.45) is 58.2. The SMILES string of the molecule is CC/C=C/C=C/C=C\C=C/C=C/CCCCCC(=O)OC(CCCCC/C=C\CCCCC)CC(=O)NC(CO)C(O)CCCCCCCCCCCCCCCCC. The average Bonchev–Trinajstić information content (AvgIpc) is 3.23. The molecule has 0 aliphatic heterocycles. The van der Waals surface area contributed by atoms with Crippen molar-refractivity contribution in [1.29, 1.82) is 0 Å². The number of carbonyl (C=O) groups excluding carboxylic acids is 2. The van der Waals surface area contributed by atoms with E-state index in [9.17, 15) is 19.8 Å². The normalized spacial score (nSPS) is 13.9. The van der Waals surface area contributed by atoms with Crippen molar-refractivity contribution >= 4 is 11.9 Å². The summed E-state index contributed by atoms with van der Waals surface area (Å²) >= 11 is 0. The fraction of sp³-hybridized carbons (Fsp3) is 0.736. The third-order valence-electron chi connectivity index (χ3n) is 10.9. The van der Waals surface area contributed by atoms with Gasteiger partial charge in [0.15, 0.2) is 0 Å². The maximum Gasteiger partial charge on any atom is 0.306 e. The van der Waals surface area contributed by atoms with Gasteiger partial charge in [-0.05, 0) is 70.6 Å². The van der Waals surface area contributed by atoms with Gasteiger partial charge in [0.2, 0.25) is 5.91 Å². The Labute approximate surface area is 364 Å². The van der Waals surface area contributed by atoms with Crippen LogP contribution in [-0.2, 0) is 14.3 Å². The van der Waals surface area contributed by atoms with Crippen LogP contribution in [0.15, 0.2) is 72.9 Å². The first kappa shape index (κ1) is 56.3. The summed E-state index contributed by atoms with van der Waals surface area (Å²) in [5, 5.41) is 23.7. The van der Waals surface area contributed by atoms with Crippen LogP contribution in [0.3, 0.4) is 0 Å². The van der Waals surface area contributed by atoms with Crippen LogP contribution in [0.4, 0.5) is 0 Å². The predicted octanol–water partition coefficient (Wildman–Crippen LogP) is 14.6. The van der Waals surface area contributed by atoms with E-state index in [2.05, 4.69) is 56.5 Å². The Morgan fingerprint density at radius 1 is 0.508 bits per heavy atom. The van der Waals surface area contributed by atoms with Gasteiger partial charge in [-0.1, -0.05) is 216 Å². The lowest BCUT2D eigenvalue weighted by Gasteiger charge is -2.24. The van der Waals surface area contributed by atoms with Crippen molar-refractivity contribution in [3.63, 3.8) is 0 Å². The monoisotopic (exact) mass is 824 g/mol. The van der Waals surface area contributed by atoms with E-state index in [4.69, 9.17) is 4.74 Å². The second-order valence-corrected chi connectivity index (χ2v) is 16.6. The van der Waals surface area contributed by atoms with Gasteiger partial charge in [-0.2, -0.15) is 0 Å². The average molecular weight is 824 g/mol. The van der Waals surface area contributed by atoms with Crippen LogP contribution in [0.1, 0.15) is 226 Å². The van der Waals surface area contributed by atoms with Crippen molar-refractivity contribution in [2.24, 2.45) is 0 Å². The molecule has 0 bridgehead atoms. The van der Waals surface area contributed by atoms with Gasteiger partial charge in [0, 0.05) is 6.42 Å². The van der Waals surface area contributed by atoms with Gasteiger partial charge in [-0.25, -0.2) is 0 Å². The summed E-state index contributed by atoms with van der Waals surface area (Å²) in [7, 11) is 0. The molecule has 1 amide bonds. The molecule has 0 radical (unpaired) electrons. The van der Waals surface area contributed by atoms with E-state index in [1.165, 1.54) is 96.3 Å². The molecule has 0 rings (SSSR count). The fourth-order valence-corrected chi connectivity index (χ4v) is 7.15. The first-order valence-corrected chi connectivity index (χ1v) is 24.7. The highest BCUT2D eigenvalue weighted by Gasteiger charge is 2.24. The molecular formula is C53H93NO5. The number of hydrogen-bond acceptors (Lipinski definition) is 5. The Morgan fingerprint density at radius 2 is 0.932 bits per heavy atom. The first-order valence-electron chi connectivity index (χ1n) is 24.7. The number of nitrogens with one attached hydrogen (secondary N) is 1. The second-order valence-electron chi connectivity index (χ2n) is 16.6. The molecular weight excluding hydrogens is 731 g/mol. The van der Waals surface area contributed by atoms with Crippen LogP contribution in [0, 0.1) is 0 Å². The first-order chi connectivity index (χ1) is 29.0. The van der Waals surface area contributed by atoms with Crippen LogP contribution in [-0.4, -0.2) is 46.9 Å². The zero-order valence-corrected chi connectivity index (χ0v) is 38.6. The van der Waals surface area contributed by atoms with E-state index >= 15 is 0 Å². The Kier molecular flexibility index (Phi) is 44.2. The molecule has 3 unspecified atom stereocenters. The van der Waals surface area contributed by atoms with Crippen LogP contribution in [0.2, 0.25) is 0 Å². The minimum absolute atomic E-state index is 0.0466. The Hall–Kier alpha value is -2.70. The topological polar surface area (TPSA) is 95.9 Å². The third-order valence-corrected chi connectivity index (χ3v) is 10.9. The minimum Gasteiger partial charge on any atom is -0.462 e. The van der Waals surface area contributed by atoms with E-state index in [1.54, 1.807) is 0 Å².